The molecule has 2 aromatic heterocycles. The number of fused-ring (bicyclic) bond motifs is 1. The summed E-state index contributed by atoms with van der Waals surface area (Å²) in [7, 11) is 0. The highest BCUT2D eigenvalue weighted by molar-refractivity contribution is 5.94. The van der Waals surface area contributed by atoms with Crippen LogP contribution < -0.4 is 21.7 Å². The first-order chi connectivity index (χ1) is 23.5. The number of hydrogen-bond acceptors (Lipinski definition) is 8. The number of aromatic amines is 2. The molecule has 0 spiro atoms. The second-order valence-corrected chi connectivity index (χ2v) is 11.7. The first kappa shape index (κ1) is 34.2. The molecule has 0 bridgehead atoms. The van der Waals surface area contributed by atoms with Crippen molar-refractivity contribution in [3.63, 3.8) is 0 Å². The van der Waals surface area contributed by atoms with E-state index < -0.39 is 47.9 Å². The molecule has 0 fully saturated rings. The van der Waals surface area contributed by atoms with E-state index in [2.05, 4.69) is 30.9 Å². The Morgan fingerprint density at radius 3 is 1.88 bits per heavy atom. The highest BCUT2D eigenvalue weighted by Gasteiger charge is 2.31. The van der Waals surface area contributed by atoms with E-state index in [-0.39, 0.29) is 37.2 Å². The first-order valence-corrected chi connectivity index (χ1v) is 15.5. The van der Waals surface area contributed by atoms with E-state index in [1.54, 1.807) is 30.5 Å². The monoisotopic (exact) mass is 667 g/mol. The smallest absolute Gasteiger partial charge is 0.326 e. The van der Waals surface area contributed by atoms with E-state index in [0.717, 1.165) is 10.9 Å². The molecule has 0 saturated carbocycles. The number of imidazole rings is 1. The number of carbonyl (C=O) groups excluding carboxylic acids is 3. The summed E-state index contributed by atoms with van der Waals surface area (Å²) in [6.07, 6.45) is 4.64. The molecular formula is C35H37N7O7. The van der Waals surface area contributed by atoms with Crippen LogP contribution in [0.25, 0.3) is 10.9 Å². The van der Waals surface area contributed by atoms with Gasteiger partial charge in [0.2, 0.25) is 17.7 Å². The fourth-order valence-electron chi connectivity index (χ4n) is 5.43. The molecule has 14 nitrogen and oxygen atoms in total. The van der Waals surface area contributed by atoms with Crippen LogP contribution in [0.1, 0.15) is 22.4 Å². The van der Waals surface area contributed by atoms with Crippen molar-refractivity contribution in [1.29, 1.82) is 0 Å². The highest BCUT2D eigenvalue weighted by atomic mass is 16.4. The van der Waals surface area contributed by atoms with Gasteiger partial charge in [-0.25, -0.2) is 9.78 Å². The zero-order valence-electron chi connectivity index (χ0n) is 26.3. The average molecular weight is 668 g/mol. The lowest BCUT2D eigenvalue weighted by Gasteiger charge is -2.25. The van der Waals surface area contributed by atoms with Crippen LogP contribution in [-0.4, -0.2) is 78.1 Å². The standard InChI is InChI=1S/C35H37N7O7/c36-27(13-20-5-9-24(43)10-6-20)32(45)40-30(16-23-18-37-19-39-23)34(47)41-29(14-21-7-11-25(44)12-8-21)33(46)42-31(35(48)49)15-22-17-38-28-4-2-1-3-26(22)28/h1-12,17-19,27,29-31,38,43-44H,13-16,36H2,(H,37,39)(H,40,45)(H,41,47)(H,42,46)(H,48,49). The molecule has 0 saturated heterocycles. The Bertz CT molecular complexity index is 1890. The fraction of sp³-hybridized carbons (Fsp3) is 0.229. The maximum atomic E-state index is 13.8. The molecule has 5 rings (SSSR count). The highest BCUT2D eigenvalue weighted by Crippen LogP contribution is 2.20. The molecular weight excluding hydrogens is 630 g/mol. The number of aromatic hydroxyl groups is 2. The number of phenolic OH excluding ortho intramolecular Hbond substituents is 2. The number of nitrogens with zero attached hydrogens (tertiary/aromatic N) is 1. The third-order valence-electron chi connectivity index (χ3n) is 8.06. The predicted octanol–water partition coefficient (Wildman–Crippen LogP) is 1.44. The van der Waals surface area contributed by atoms with Crippen molar-refractivity contribution in [1.82, 2.24) is 30.9 Å². The number of carboxylic acid groups (broad SMARTS) is 1. The quantitative estimate of drug-likeness (QED) is 0.0784. The van der Waals surface area contributed by atoms with Crippen LogP contribution in [0.15, 0.2) is 91.5 Å². The van der Waals surface area contributed by atoms with Gasteiger partial charge in [-0.2, -0.15) is 0 Å². The Morgan fingerprint density at radius 2 is 1.27 bits per heavy atom. The summed E-state index contributed by atoms with van der Waals surface area (Å²) in [5.74, 6) is -3.30. The Morgan fingerprint density at radius 1 is 0.694 bits per heavy atom. The van der Waals surface area contributed by atoms with Crippen LogP contribution in [0.5, 0.6) is 11.5 Å². The first-order valence-electron chi connectivity index (χ1n) is 15.5. The van der Waals surface area contributed by atoms with Gasteiger partial charge in [-0.3, -0.25) is 14.4 Å². The van der Waals surface area contributed by atoms with Crippen LogP contribution in [-0.2, 0) is 44.9 Å². The lowest BCUT2D eigenvalue weighted by molar-refractivity contribution is -0.142. The number of nitrogens with two attached hydrogens (primary N) is 1. The molecule has 4 unspecified atom stereocenters. The van der Waals surface area contributed by atoms with E-state index in [1.807, 2.05) is 24.3 Å². The van der Waals surface area contributed by atoms with E-state index >= 15 is 0 Å². The lowest BCUT2D eigenvalue weighted by Crippen LogP contribution is -2.58. The molecule has 2 heterocycles. The number of amides is 3. The van der Waals surface area contributed by atoms with E-state index in [1.165, 1.54) is 36.8 Å². The summed E-state index contributed by atoms with van der Waals surface area (Å²) >= 11 is 0. The third-order valence-corrected chi connectivity index (χ3v) is 8.06. The van der Waals surface area contributed by atoms with Crippen molar-refractivity contribution in [2.75, 3.05) is 0 Å². The topological polar surface area (TPSA) is 236 Å². The average Bonchev–Trinajstić information content (AvgIpc) is 3.75. The molecule has 0 aliphatic heterocycles. The van der Waals surface area contributed by atoms with Crippen molar-refractivity contribution >= 4 is 34.6 Å². The van der Waals surface area contributed by atoms with Gasteiger partial charge < -0.3 is 47.0 Å². The third kappa shape index (κ3) is 9.23. The van der Waals surface area contributed by atoms with Gasteiger partial charge >= 0.3 is 5.97 Å². The van der Waals surface area contributed by atoms with Gasteiger partial charge in [-0.15, -0.1) is 0 Å². The normalized spacial score (nSPS) is 13.6. The number of hydrogen-bond donors (Lipinski definition) is 9. The van der Waals surface area contributed by atoms with Crippen molar-refractivity contribution < 1.29 is 34.5 Å². The molecule has 14 heteroatoms. The second kappa shape index (κ2) is 15.6. The molecule has 0 radical (unpaired) electrons. The van der Waals surface area contributed by atoms with Gasteiger partial charge in [0.15, 0.2) is 0 Å². The molecule has 254 valence electrons. The summed E-state index contributed by atoms with van der Waals surface area (Å²) in [6.45, 7) is 0. The maximum Gasteiger partial charge on any atom is 0.326 e. The van der Waals surface area contributed by atoms with Gasteiger partial charge in [0, 0.05) is 48.3 Å². The van der Waals surface area contributed by atoms with Gasteiger partial charge in [-0.1, -0.05) is 42.5 Å². The van der Waals surface area contributed by atoms with E-state index in [0.29, 0.717) is 22.4 Å². The molecule has 49 heavy (non-hydrogen) atoms. The molecule has 0 aliphatic carbocycles. The van der Waals surface area contributed by atoms with Crippen molar-refractivity contribution in [3.05, 3.63) is 114 Å². The number of carboxylic acids is 1. The number of aliphatic carboxylic acids is 1. The summed E-state index contributed by atoms with van der Waals surface area (Å²) in [5.41, 5.74) is 9.48. The Hall–Kier alpha value is -6.15. The number of phenols is 2. The minimum atomic E-state index is -1.33. The number of nitrogens with one attached hydrogen (secondary N) is 5. The van der Waals surface area contributed by atoms with Gasteiger partial charge in [-0.05, 0) is 53.4 Å². The largest absolute Gasteiger partial charge is 0.508 e. The van der Waals surface area contributed by atoms with Crippen molar-refractivity contribution in [3.8, 4) is 11.5 Å². The maximum absolute atomic E-state index is 13.8. The number of rotatable bonds is 15. The fourth-order valence-corrected chi connectivity index (χ4v) is 5.43. The van der Waals surface area contributed by atoms with Gasteiger partial charge in [0.05, 0.1) is 12.4 Å². The van der Waals surface area contributed by atoms with E-state index in [9.17, 15) is 34.5 Å². The minimum Gasteiger partial charge on any atom is -0.508 e. The minimum absolute atomic E-state index is 0.00411. The predicted molar refractivity (Wildman–Crippen MR) is 179 cm³/mol. The summed E-state index contributed by atoms with van der Waals surface area (Å²) in [4.78, 5) is 63.1. The SMILES string of the molecule is NC(Cc1ccc(O)cc1)C(=O)NC(Cc1cnc[nH]1)C(=O)NC(Cc1ccc(O)cc1)C(=O)NC(Cc1c[nH]c2ccccc12)C(=O)O. The van der Waals surface area contributed by atoms with Crippen LogP contribution in [0, 0.1) is 0 Å². The molecule has 4 atom stereocenters. The second-order valence-electron chi connectivity index (χ2n) is 11.7. The van der Waals surface area contributed by atoms with Crippen LogP contribution >= 0.6 is 0 Å². The van der Waals surface area contributed by atoms with Crippen LogP contribution in [0.3, 0.4) is 0 Å². The van der Waals surface area contributed by atoms with Crippen molar-refractivity contribution in [2.24, 2.45) is 5.73 Å². The zero-order valence-corrected chi connectivity index (χ0v) is 26.3. The number of aromatic nitrogens is 3. The summed E-state index contributed by atoms with van der Waals surface area (Å²) < 4.78 is 0. The Labute approximate surface area is 280 Å². The Balaban J connectivity index is 1.35. The van der Waals surface area contributed by atoms with Crippen LogP contribution in [0.2, 0.25) is 0 Å². The summed E-state index contributed by atoms with van der Waals surface area (Å²) in [6, 6.07) is 14.8. The molecule has 5 aromatic rings. The Kier molecular flexibility index (Phi) is 10.9. The number of carbonyl (C=O) groups is 4. The molecule has 3 amide bonds. The number of H-pyrrole nitrogens is 2. The summed E-state index contributed by atoms with van der Waals surface area (Å²) in [5, 5.41) is 38.1. The molecule has 0 aliphatic rings. The van der Waals surface area contributed by atoms with Gasteiger partial charge in [0.25, 0.3) is 0 Å². The van der Waals surface area contributed by atoms with Crippen LogP contribution in [0.4, 0.5) is 0 Å². The zero-order chi connectivity index (χ0) is 34.9. The van der Waals surface area contributed by atoms with Crippen molar-refractivity contribution in [2.45, 2.75) is 49.9 Å². The molecule has 3 aromatic carbocycles. The van der Waals surface area contributed by atoms with E-state index in [4.69, 9.17) is 5.73 Å². The number of para-hydroxylation sites is 1. The molecule has 10 N–H and O–H groups in total. The van der Waals surface area contributed by atoms with Gasteiger partial charge in [0.1, 0.15) is 29.6 Å². The lowest BCUT2D eigenvalue weighted by atomic mass is 10.0. The number of benzene rings is 3.